The first-order valence-electron chi connectivity index (χ1n) is 8.73. The summed E-state index contributed by atoms with van der Waals surface area (Å²) in [7, 11) is 1.53. The predicted octanol–water partition coefficient (Wildman–Crippen LogP) is 3.11. The maximum Gasteiger partial charge on any atom is 0.309 e. The van der Waals surface area contributed by atoms with Gasteiger partial charge in [0.15, 0.2) is 0 Å². The molecule has 0 radical (unpaired) electrons. The summed E-state index contributed by atoms with van der Waals surface area (Å²) < 4.78 is 11.2. The third-order valence-electron chi connectivity index (χ3n) is 4.35. The van der Waals surface area contributed by atoms with Crippen LogP contribution < -0.4 is 10.6 Å². The van der Waals surface area contributed by atoms with Gasteiger partial charge in [-0.05, 0) is 24.6 Å². The quantitative estimate of drug-likeness (QED) is 0.657. The number of benzene rings is 2. The van der Waals surface area contributed by atoms with Crippen molar-refractivity contribution in [3.63, 3.8) is 0 Å². The highest BCUT2D eigenvalue weighted by molar-refractivity contribution is 6.35. The number of fused-ring (bicyclic) bond motifs is 1. The molecule has 0 saturated heterocycles. The highest BCUT2D eigenvalue weighted by Crippen LogP contribution is 2.25. The molecule has 0 aliphatic rings. The topological polar surface area (TPSA) is 80.6 Å². The third-order valence-corrected chi connectivity index (χ3v) is 4.35. The monoisotopic (exact) mass is 366 g/mol. The van der Waals surface area contributed by atoms with Crippen molar-refractivity contribution >= 4 is 22.8 Å². The number of amides is 2. The number of hydrogen-bond donors (Lipinski definition) is 2. The lowest BCUT2D eigenvalue weighted by atomic mass is 10.1. The lowest BCUT2D eigenvalue weighted by molar-refractivity contribution is -0.139. The van der Waals surface area contributed by atoms with E-state index in [0.717, 1.165) is 16.5 Å². The van der Waals surface area contributed by atoms with Crippen LogP contribution >= 0.6 is 0 Å². The van der Waals surface area contributed by atoms with Crippen molar-refractivity contribution in [1.82, 2.24) is 10.6 Å². The van der Waals surface area contributed by atoms with Crippen molar-refractivity contribution in [3.05, 3.63) is 72.0 Å². The van der Waals surface area contributed by atoms with E-state index >= 15 is 0 Å². The second kappa shape index (κ2) is 8.51. The summed E-state index contributed by atoms with van der Waals surface area (Å²) in [5.41, 5.74) is 1.67. The Bertz CT molecular complexity index is 887. The molecule has 6 nitrogen and oxygen atoms in total. The molecule has 2 N–H and O–H groups in total. The molecule has 1 heterocycles. The van der Waals surface area contributed by atoms with E-state index < -0.39 is 17.9 Å². The second-order valence-electron chi connectivity index (χ2n) is 6.23. The van der Waals surface area contributed by atoms with Crippen LogP contribution in [0.3, 0.4) is 0 Å². The molecule has 3 rings (SSSR count). The molecule has 2 atom stereocenters. The van der Waals surface area contributed by atoms with E-state index in [-0.39, 0.29) is 12.6 Å². The number of ether oxygens (including phenoxy) is 1. The Kier molecular flexibility index (Phi) is 5.88. The molecule has 0 aliphatic carbocycles. The number of hydrogen-bond acceptors (Lipinski definition) is 4. The van der Waals surface area contributed by atoms with Crippen LogP contribution in [0.15, 0.2) is 65.1 Å². The normalized spacial score (nSPS) is 13.1. The molecule has 0 unspecified atom stereocenters. The summed E-state index contributed by atoms with van der Waals surface area (Å²) in [6.07, 6.45) is -0.485. The summed E-state index contributed by atoms with van der Waals surface area (Å²) in [6, 6.07) is 18.7. The van der Waals surface area contributed by atoms with Gasteiger partial charge in [-0.15, -0.1) is 0 Å². The molecule has 3 aromatic rings. The van der Waals surface area contributed by atoms with Crippen LogP contribution in [0.4, 0.5) is 0 Å². The zero-order valence-corrected chi connectivity index (χ0v) is 15.3. The summed E-state index contributed by atoms with van der Waals surface area (Å²) in [4.78, 5) is 24.2. The van der Waals surface area contributed by atoms with E-state index in [9.17, 15) is 9.59 Å². The van der Waals surface area contributed by atoms with Gasteiger partial charge in [0.25, 0.3) is 0 Å². The van der Waals surface area contributed by atoms with E-state index in [1.807, 2.05) is 67.6 Å². The Hall–Kier alpha value is -3.12. The molecule has 1 aromatic heterocycles. The molecule has 140 valence electrons. The van der Waals surface area contributed by atoms with Gasteiger partial charge in [-0.3, -0.25) is 9.59 Å². The Morgan fingerprint density at radius 2 is 1.74 bits per heavy atom. The van der Waals surface area contributed by atoms with Gasteiger partial charge < -0.3 is 19.8 Å². The minimum absolute atomic E-state index is 0.127. The Morgan fingerprint density at radius 1 is 1.04 bits per heavy atom. The maximum atomic E-state index is 12.1. The first-order chi connectivity index (χ1) is 13.1. The third kappa shape index (κ3) is 4.54. The smallest absolute Gasteiger partial charge is 0.309 e. The van der Waals surface area contributed by atoms with Gasteiger partial charge in [-0.25, -0.2) is 0 Å². The molecule has 27 heavy (non-hydrogen) atoms. The largest absolute Gasteiger partial charge is 0.458 e. The van der Waals surface area contributed by atoms with Crippen molar-refractivity contribution in [2.45, 2.75) is 19.1 Å². The van der Waals surface area contributed by atoms with Crippen molar-refractivity contribution in [2.75, 3.05) is 13.7 Å². The van der Waals surface area contributed by atoms with Crippen LogP contribution in [0, 0.1) is 0 Å². The summed E-state index contributed by atoms with van der Waals surface area (Å²) in [6.45, 7) is 1.95. The summed E-state index contributed by atoms with van der Waals surface area (Å²) in [5.74, 6) is -0.807. The van der Waals surface area contributed by atoms with Gasteiger partial charge >= 0.3 is 11.8 Å². The maximum absolute atomic E-state index is 12.1. The van der Waals surface area contributed by atoms with Crippen molar-refractivity contribution < 1.29 is 18.7 Å². The van der Waals surface area contributed by atoms with Crippen LogP contribution in [-0.4, -0.2) is 25.5 Å². The highest BCUT2D eigenvalue weighted by Gasteiger charge is 2.21. The summed E-state index contributed by atoms with van der Waals surface area (Å²) in [5, 5.41) is 6.23. The van der Waals surface area contributed by atoms with Gasteiger partial charge in [-0.1, -0.05) is 48.5 Å². The molecule has 2 aromatic carbocycles. The first kappa shape index (κ1) is 18.7. The van der Waals surface area contributed by atoms with Crippen LogP contribution in [-0.2, 0) is 14.3 Å². The van der Waals surface area contributed by atoms with Crippen molar-refractivity contribution in [1.29, 1.82) is 0 Å². The number of methoxy groups -OCH3 is 1. The highest BCUT2D eigenvalue weighted by atomic mass is 16.5. The van der Waals surface area contributed by atoms with E-state index in [1.165, 1.54) is 7.11 Å². The molecule has 0 fully saturated rings. The molecular weight excluding hydrogens is 344 g/mol. The molecule has 2 amide bonds. The minimum atomic E-state index is -0.712. The van der Waals surface area contributed by atoms with Crippen molar-refractivity contribution in [3.8, 4) is 0 Å². The number of rotatable bonds is 6. The fourth-order valence-electron chi connectivity index (χ4n) is 2.81. The standard InChI is InChI=1S/C21H22N2O4/c1-14(15-8-4-3-5-9-15)23-21(25)20(24)22-13-19(26-2)18-12-16-10-6-7-11-17(16)27-18/h3-12,14,19H,13H2,1-2H3,(H,22,24)(H,23,25)/t14-,19-/m1/s1. The predicted molar refractivity (Wildman–Crippen MR) is 102 cm³/mol. The Labute approximate surface area is 157 Å². The Morgan fingerprint density at radius 3 is 2.44 bits per heavy atom. The molecule has 0 aliphatic heterocycles. The van der Waals surface area contributed by atoms with E-state index in [0.29, 0.717) is 5.76 Å². The number of carbonyl (C=O) groups is 2. The number of para-hydroxylation sites is 1. The van der Waals surface area contributed by atoms with Crippen LogP contribution in [0.2, 0.25) is 0 Å². The summed E-state index contributed by atoms with van der Waals surface area (Å²) >= 11 is 0. The van der Waals surface area contributed by atoms with Gasteiger partial charge in [0.1, 0.15) is 17.4 Å². The Balaban J connectivity index is 1.57. The van der Waals surface area contributed by atoms with E-state index in [1.54, 1.807) is 0 Å². The lowest BCUT2D eigenvalue weighted by Crippen LogP contribution is -2.42. The SMILES string of the molecule is CO[C@H](CNC(=O)C(=O)N[C@H](C)c1ccccc1)c1cc2ccccc2o1. The van der Waals surface area contributed by atoms with Gasteiger partial charge in [-0.2, -0.15) is 0 Å². The fourth-order valence-corrected chi connectivity index (χ4v) is 2.81. The molecule has 6 heteroatoms. The van der Waals surface area contributed by atoms with Gasteiger partial charge in [0.05, 0.1) is 12.6 Å². The molecular formula is C21H22N2O4. The van der Waals surface area contributed by atoms with E-state index in [4.69, 9.17) is 9.15 Å². The van der Waals surface area contributed by atoms with Crippen LogP contribution in [0.5, 0.6) is 0 Å². The van der Waals surface area contributed by atoms with Crippen LogP contribution in [0.25, 0.3) is 11.0 Å². The van der Waals surface area contributed by atoms with Crippen LogP contribution in [0.1, 0.15) is 30.4 Å². The van der Waals surface area contributed by atoms with Gasteiger partial charge in [0, 0.05) is 12.5 Å². The average molecular weight is 366 g/mol. The van der Waals surface area contributed by atoms with E-state index in [2.05, 4.69) is 10.6 Å². The fraction of sp³-hybridized carbons (Fsp3) is 0.238. The van der Waals surface area contributed by atoms with Gasteiger partial charge in [0.2, 0.25) is 0 Å². The zero-order valence-electron chi connectivity index (χ0n) is 15.3. The minimum Gasteiger partial charge on any atom is -0.458 e. The first-order valence-corrected chi connectivity index (χ1v) is 8.73. The second-order valence-corrected chi connectivity index (χ2v) is 6.23. The molecule has 0 spiro atoms. The number of furan rings is 1. The lowest BCUT2D eigenvalue weighted by Gasteiger charge is -2.16. The molecule has 0 saturated carbocycles. The number of carbonyl (C=O) groups excluding carboxylic acids is 2. The van der Waals surface area contributed by atoms with Crippen molar-refractivity contribution in [2.24, 2.45) is 0 Å². The zero-order chi connectivity index (χ0) is 19.2. The molecule has 0 bridgehead atoms. The average Bonchev–Trinajstić information content (AvgIpc) is 3.12. The number of nitrogens with one attached hydrogen (secondary N) is 2.